The molecule has 0 saturated heterocycles. The number of benzene rings is 2. The zero-order valence-corrected chi connectivity index (χ0v) is 17.4. The van der Waals surface area contributed by atoms with Crippen molar-refractivity contribution in [1.82, 2.24) is 19.3 Å². The average Bonchev–Trinajstić information content (AvgIpc) is 3.17. The molecule has 0 atom stereocenters. The van der Waals surface area contributed by atoms with Gasteiger partial charge < -0.3 is 9.42 Å². The van der Waals surface area contributed by atoms with Crippen molar-refractivity contribution in [2.75, 3.05) is 20.6 Å². The van der Waals surface area contributed by atoms with E-state index in [0.29, 0.717) is 16.4 Å². The van der Waals surface area contributed by atoms with Crippen molar-refractivity contribution in [2.45, 2.75) is 11.4 Å². The maximum atomic E-state index is 12.5. The second-order valence-corrected chi connectivity index (χ2v) is 8.83. The minimum absolute atomic E-state index is 0.0472. The Hall–Kier alpha value is -2.75. The number of aromatic nitrogens is 2. The first kappa shape index (κ1) is 21.0. The molecule has 10 heteroatoms. The summed E-state index contributed by atoms with van der Waals surface area (Å²) in [5.41, 5.74) is 0.690. The van der Waals surface area contributed by atoms with Crippen LogP contribution in [-0.2, 0) is 21.4 Å². The van der Waals surface area contributed by atoms with Gasteiger partial charge in [0.25, 0.3) is 0 Å². The molecule has 152 valence electrons. The highest BCUT2D eigenvalue weighted by atomic mass is 35.5. The van der Waals surface area contributed by atoms with E-state index >= 15 is 0 Å². The van der Waals surface area contributed by atoms with Crippen LogP contribution in [0.5, 0.6) is 0 Å². The van der Waals surface area contributed by atoms with E-state index in [9.17, 15) is 13.2 Å². The third kappa shape index (κ3) is 5.00. The minimum Gasteiger partial charge on any atom is -0.337 e. The molecule has 0 aliphatic heterocycles. The fourth-order valence-electron chi connectivity index (χ4n) is 2.52. The van der Waals surface area contributed by atoms with Gasteiger partial charge in [0.1, 0.15) is 0 Å². The highest BCUT2D eigenvalue weighted by Gasteiger charge is 2.24. The van der Waals surface area contributed by atoms with E-state index in [4.69, 9.17) is 16.1 Å². The number of carbonyl (C=O) groups is 1. The summed E-state index contributed by atoms with van der Waals surface area (Å²) >= 11 is 5.96. The normalized spacial score (nSPS) is 11.6. The standard InChI is InChI=1S/C19H19ClN4O4S/c1-23(12-17-21-19(22-28-17)14-7-6-8-15(20)11-14)18(25)13-24(2)29(26,27)16-9-4-3-5-10-16/h3-11H,12-13H2,1-2H3. The van der Waals surface area contributed by atoms with Gasteiger partial charge >= 0.3 is 0 Å². The van der Waals surface area contributed by atoms with Crippen molar-refractivity contribution in [2.24, 2.45) is 0 Å². The van der Waals surface area contributed by atoms with Crippen LogP contribution < -0.4 is 0 Å². The van der Waals surface area contributed by atoms with Gasteiger partial charge in [0.2, 0.25) is 27.6 Å². The van der Waals surface area contributed by atoms with Crippen molar-refractivity contribution < 1.29 is 17.7 Å². The lowest BCUT2D eigenvalue weighted by Gasteiger charge is -2.20. The lowest BCUT2D eigenvalue weighted by molar-refractivity contribution is -0.130. The number of halogens is 1. The number of carbonyl (C=O) groups excluding carboxylic acids is 1. The summed E-state index contributed by atoms with van der Waals surface area (Å²) in [7, 11) is -0.859. The van der Waals surface area contributed by atoms with Gasteiger partial charge in [0.15, 0.2) is 0 Å². The molecule has 0 fully saturated rings. The number of sulfonamides is 1. The fourth-order valence-corrected chi connectivity index (χ4v) is 3.86. The lowest BCUT2D eigenvalue weighted by atomic mass is 10.2. The highest BCUT2D eigenvalue weighted by molar-refractivity contribution is 7.89. The number of likely N-dealkylation sites (N-methyl/N-ethyl adjacent to an activating group) is 2. The Bertz CT molecular complexity index is 1100. The first-order valence-corrected chi connectivity index (χ1v) is 10.4. The summed E-state index contributed by atoms with van der Waals surface area (Å²) < 4.78 is 31.3. The van der Waals surface area contributed by atoms with Gasteiger partial charge in [-0.3, -0.25) is 4.79 Å². The van der Waals surface area contributed by atoms with E-state index in [1.165, 1.54) is 31.1 Å². The number of hydrogen-bond acceptors (Lipinski definition) is 6. The quantitative estimate of drug-likeness (QED) is 0.567. The van der Waals surface area contributed by atoms with Crippen LogP contribution >= 0.6 is 11.6 Å². The van der Waals surface area contributed by atoms with Crippen molar-refractivity contribution in [1.29, 1.82) is 0 Å². The Morgan fingerprint density at radius 3 is 2.52 bits per heavy atom. The van der Waals surface area contributed by atoms with Crippen LogP contribution in [0.1, 0.15) is 5.89 Å². The number of hydrogen-bond donors (Lipinski definition) is 0. The van der Waals surface area contributed by atoms with Crippen molar-refractivity contribution in [3.63, 3.8) is 0 Å². The third-order valence-electron chi connectivity index (χ3n) is 4.16. The fraction of sp³-hybridized carbons (Fsp3) is 0.211. The van der Waals surface area contributed by atoms with Crippen LogP contribution in [-0.4, -0.2) is 54.3 Å². The molecule has 1 amide bonds. The SMILES string of the molecule is CN(Cc1nc(-c2cccc(Cl)c2)no1)C(=O)CN(C)S(=O)(=O)c1ccccc1. The Morgan fingerprint density at radius 2 is 1.83 bits per heavy atom. The van der Waals surface area contributed by atoms with Crippen LogP contribution in [0.25, 0.3) is 11.4 Å². The predicted molar refractivity (Wildman–Crippen MR) is 107 cm³/mol. The second kappa shape index (κ2) is 8.73. The maximum Gasteiger partial charge on any atom is 0.246 e. The highest BCUT2D eigenvalue weighted by Crippen LogP contribution is 2.20. The van der Waals surface area contributed by atoms with Crippen LogP contribution in [0.15, 0.2) is 64.0 Å². The second-order valence-electron chi connectivity index (χ2n) is 6.35. The van der Waals surface area contributed by atoms with Crippen molar-refractivity contribution in [3.05, 3.63) is 65.5 Å². The van der Waals surface area contributed by atoms with Gasteiger partial charge in [0, 0.05) is 24.7 Å². The Kier molecular flexibility index (Phi) is 6.31. The molecule has 2 aromatic carbocycles. The Labute approximate surface area is 173 Å². The minimum atomic E-state index is -3.75. The molecule has 3 rings (SSSR count). The molecule has 3 aromatic rings. The number of amides is 1. The molecule has 1 aromatic heterocycles. The Balaban J connectivity index is 1.64. The molecule has 8 nitrogen and oxygen atoms in total. The molecule has 0 saturated carbocycles. The molecule has 0 N–H and O–H groups in total. The smallest absolute Gasteiger partial charge is 0.246 e. The molecular weight excluding hydrogens is 416 g/mol. The average molecular weight is 435 g/mol. The molecule has 0 spiro atoms. The summed E-state index contributed by atoms with van der Waals surface area (Å²) in [5.74, 6) is 0.172. The number of nitrogens with zero attached hydrogens (tertiary/aromatic N) is 4. The zero-order chi connectivity index (χ0) is 21.0. The van der Waals surface area contributed by atoms with Crippen molar-refractivity contribution in [3.8, 4) is 11.4 Å². The van der Waals surface area contributed by atoms with E-state index in [0.717, 1.165) is 4.31 Å². The molecule has 0 aliphatic carbocycles. The van der Waals surface area contributed by atoms with Gasteiger partial charge in [-0.15, -0.1) is 0 Å². The van der Waals surface area contributed by atoms with E-state index in [-0.39, 0.29) is 23.9 Å². The maximum absolute atomic E-state index is 12.5. The van der Waals surface area contributed by atoms with Crippen LogP contribution in [0.2, 0.25) is 5.02 Å². The van der Waals surface area contributed by atoms with Crippen LogP contribution in [0.3, 0.4) is 0 Å². The summed E-state index contributed by atoms with van der Waals surface area (Å²) in [5, 5.41) is 4.44. The molecule has 0 aliphatic rings. The van der Waals surface area contributed by atoms with E-state index in [2.05, 4.69) is 10.1 Å². The van der Waals surface area contributed by atoms with Gasteiger partial charge in [-0.2, -0.15) is 9.29 Å². The van der Waals surface area contributed by atoms with E-state index in [1.54, 1.807) is 42.5 Å². The summed E-state index contributed by atoms with van der Waals surface area (Å²) in [6.07, 6.45) is 0. The summed E-state index contributed by atoms with van der Waals surface area (Å²) in [6.45, 7) is -0.269. The van der Waals surface area contributed by atoms with Gasteiger partial charge in [-0.05, 0) is 24.3 Å². The zero-order valence-electron chi connectivity index (χ0n) is 15.8. The molecule has 1 heterocycles. The summed E-state index contributed by atoms with van der Waals surface area (Å²) in [4.78, 5) is 18.2. The monoisotopic (exact) mass is 434 g/mol. The van der Waals surface area contributed by atoms with Crippen LogP contribution in [0, 0.1) is 0 Å². The Morgan fingerprint density at radius 1 is 1.10 bits per heavy atom. The first-order valence-electron chi connectivity index (χ1n) is 8.61. The van der Waals surface area contributed by atoms with Crippen molar-refractivity contribution >= 4 is 27.5 Å². The third-order valence-corrected chi connectivity index (χ3v) is 6.21. The molecule has 29 heavy (non-hydrogen) atoms. The number of rotatable bonds is 7. The first-order chi connectivity index (χ1) is 13.8. The van der Waals surface area contributed by atoms with Gasteiger partial charge in [-0.25, -0.2) is 8.42 Å². The molecule has 0 bridgehead atoms. The predicted octanol–water partition coefficient (Wildman–Crippen LogP) is 2.67. The van der Waals surface area contributed by atoms with Gasteiger partial charge in [-0.1, -0.05) is 47.1 Å². The lowest BCUT2D eigenvalue weighted by Crippen LogP contribution is -2.39. The topological polar surface area (TPSA) is 96.6 Å². The molecule has 0 unspecified atom stereocenters. The van der Waals surface area contributed by atoms with E-state index in [1.807, 2.05) is 0 Å². The van der Waals surface area contributed by atoms with E-state index < -0.39 is 15.9 Å². The van der Waals surface area contributed by atoms with Crippen LogP contribution in [0.4, 0.5) is 0 Å². The van der Waals surface area contributed by atoms with Gasteiger partial charge in [0.05, 0.1) is 18.0 Å². The summed E-state index contributed by atoms with van der Waals surface area (Å²) in [6, 6.07) is 14.9. The molecular formula is C19H19ClN4O4S. The molecule has 0 radical (unpaired) electrons. The largest absolute Gasteiger partial charge is 0.337 e.